The summed E-state index contributed by atoms with van der Waals surface area (Å²) in [6.45, 7) is 5.80. The molecule has 2 aromatic heterocycles. The highest BCUT2D eigenvalue weighted by Crippen LogP contribution is 2.21. The molecule has 0 saturated carbocycles. The van der Waals surface area contributed by atoms with Crippen molar-refractivity contribution in [2.45, 2.75) is 26.9 Å². The number of hydrogen-bond acceptors (Lipinski definition) is 4. The molecule has 2 rings (SSSR count). The molecule has 0 amide bonds. The van der Waals surface area contributed by atoms with Crippen molar-refractivity contribution >= 4 is 5.69 Å². The molecular formula is C12H16N4O. The quantitative estimate of drug-likeness (QED) is 0.878. The van der Waals surface area contributed by atoms with Gasteiger partial charge in [0, 0.05) is 6.20 Å². The second-order valence-electron chi connectivity index (χ2n) is 4.13. The summed E-state index contributed by atoms with van der Waals surface area (Å²) in [6.07, 6.45) is 1.90. The molecule has 0 bridgehead atoms. The van der Waals surface area contributed by atoms with Gasteiger partial charge in [0.05, 0.1) is 17.5 Å². The number of aromatic nitrogens is 3. The minimum atomic E-state index is 0.0411. The van der Waals surface area contributed by atoms with Crippen LogP contribution in [0.3, 0.4) is 0 Å². The van der Waals surface area contributed by atoms with Gasteiger partial charge < -0.3 is 10.5 Å². The van der Waals surface area contributed by atoms with Crippen molar-refractivity contribution in [1.29, 1.82) is 0 Å². The maximum atomic E-state index is 5.80. The van der Waals surface area contributed by atoms with Crippen LogP contribution in [-0.4, -0.2) is 20.9 Å². The summed E-state index contributed by atoms with van der Waals surface area (Å²) in [4.78, 5) is 4.35. The van der Waals surface area contributed by atoms with Crippen LogP contribution in [-0.2, 0) is 0 Å². The second kappa shape index (κ2) is 4.45. The molecule has 0 aliphatic heterocycles. The lowest BCUT2D eigenvalue weighted by atomic mass is 10.4. The van der Waals surface area contributed by atoms with Crippen molar-refractivity contribution in [2.24, 2.45) is 0 Å². The number of rotatable bonds is 3. The number of aryl methyl sites for hydroxylation is 1. The van der Waals surface area contributed by atoms with Crippen LogP contribution in [0, 0.1) is 6.92 Å². The Balaban J connectivity index is 2.36. The van der Waals surface area contributed by atoms with E-state index in [9.17, 15) is 0 Å². The summed E-state index contributed by atoms with van der Waals surface area (Å²) in [5, 5.41) is 4.29. The van der Waals surface area contributed by atoms with E-state index in [4.69, 9.17) is 10.5 Å². The molecule has 2 heterocycles. The molecular weight excluding hydrogens is 216 g/mol. The summed E-state index contributed by atoms with van der Waals surface area (Å²) < 4.78 is 7.23. The van der Waals surface area contributed by atoms with Crippen molar-refractivity contribution in [3.05, 3.63) is 30.1 Å². The van der Waals surface area contributed by atoms with Crippen LogP contribution in [0.4, 0.5) is 5.69 Å². The number of nitrogens with zero attached hydrogens (tertiary/aromatic N) is 3. The average Bonchev–Trinajstić information content (AvgIpc) is 2.67. The molecule has 0 fully saturated rings. The van der Waals surface area contributed by atoms with E-state index >= 15 is 0 Å². The standard InChI is InChI=1S/C12H16N4O/c1-8(2)17-12-10(13)4-5-11(14-12)16-7-6-9(3)15-16/h4-8H,13H2,1-3H3. The zero-order valence-electron chi connectivity index (χ0n) is 10.2. The van der Waals surface area contributed by atoms with Gasteiger partial charge in [-0.25, -0.2) is 4.68 Å². The first kappa shape index (κ1) is 11.4. The maximum Gasteiger partial charge on any atom is 0.239 e. The number of hydrogen-bond donors (Lipinski definition) is 1. The number of anilines is 1. The summed E-state index contributed by atoms with van der Waals surface area (Å²) >= 11 is 0. The molecule has 0 aromatic carbocycles. The smallest absolute Gasteiger partial charge is 0.239 e. The van der Waals surface area contributed by atoms with Gasteiger partial charge in [0.15, 0.2) is 5.82 Å². The molecule has 2 N–H and O–H groups in total. The third kappa shape index (κ3) is 2.55. The molecule has 0 saturated heterocycles. The fourth-order valence-electron chi connectivity index (χ4n) is 1.43. The van der Waals surface area contributed by atoms with E-state index in [0.717, 1.165) is 5.69 Å². The highest BCUT2D eigenvalue weighted by atomic mass is 16.5. The topological polar surface area (TPSA) is 66.0 Å². The lowest BCUT2D eigenvalue weighted by Crippen LogP contribution is -2.10. The normalized spacial score (nSPS) is 10.8. The van der Waals surface area contributed by atoms with Crippen LogP contribution in [0.2, 0.25) is 0 Å². The number of nitrogens with two attached hydrogens (primary N) is 1. The van der Waals surface area contributed by atoms with Crippen molar-refractivity contribution in [3.63, 3.8) is 0 Å². The van der Waals surface area contributed by atoms with E-state index in [1.165, 1.54) is 0 Å². The van der Waals surface area contributed by atoms with E-state index in [0.29, 0.717) is 17.4 Å². The zero-order valence-corrected chi connectivity index (χ0v) is 10.2. The van der Waals surface area contributed by atoms with Crippen molar-refractivity contribution in [1.82, 2.24) is 14.8 Å². The van der Waals surface area contributed by atoms with Crippen LogP contribution in [0.5, 0.6) is 5.88 Å². The van der Waals surface area contributed by atoms with Crippen molar-refractivity contribution < 1.29 is 4.74 Å². The average molecular weight is 232 g/mol. The van der Waals surface area contributed by atoms with Crippen LogP contribution < -0.4 is 10.5 Å². The third-order valence-corrected chi connectivity index (χ3v) is 2.18. The highest BCUT2D eigenvalue weighted by molar-refractivity contribution is 5.50. The number of ether oxygens (including phenoxy) is 1. The molecule has 0 unspecified atom stereocenters. The van der Waals surface area contributed by atoms with Gasteiger partial charge in [-0.3, -0.25) is 0 Å². The monoisotopic (exact) mass is 232 g/mol. The van der Waals surface area contributed by atoms with Gasteiger partial charge in [-0.05, 0) is 39.0 Å². The summed E-state index contributed by atoms with van der Waals surface area (Å²) in [5.41, 5.74) is 7.28. The Bertz CT molecular complexity index is 519. The Morgan fingerprint density at radius 1 is 1.29 bits per heavy atom. The van der Waals surface area contributed by atoms with E-state index in [1.807, 2.05) is 39.1 Å². The predicted molar refractivity (Wildman–Crippen MR) is 66.3 cm³/mol. The maximum absolute atomic E-state index is 5.80. The Kier molecular flexibility index (Phi) is 2.99. The second-order valence-corrected chi connectivity index (χ2v) is 4.13. The summed E-state index contributed by atoms with van der Waals surface area (Å²) in [5.74, 6) is 1.15. The van der Waals surface area contributed by atoms with E-state index in [1.54, 1.807) is 10.7 Å². The van der Waals surface area contributed by atoms with Gasteiger partial charge in [-0.15, -0.1) is 0 Å². The summed E-state index contributed by atoms with van der Waals surface area (Å²) in [6, 6.07) is 5.51. The minimum absolute atomic E-state index is 0.0411. The van der Waals surface area contributed by atoms with Gasteiger partial charge in [0.2, 0.25) is 5.88 Å². The summed E-state index contributed by atoms with van der Waals surface area (Å²) in [7, 11) is 0. The molecule has 0 aliphatic rings. The van der Waals surface area contributed by atoms with Crippen molar-refractivity contribution in [3.8, 4) is 11.7 Å². The van der Waals surface area contributed by atoms with Gasteiger partial charge in [-0.2, -0.15) is 10.1 Å². The van der Waals surface area contributed by atoms with E-state index in [-0.39, 0.29) is 6.10 Å². The minimum Gasteiger partial charge on any atom is -0.473 e. The van der Waals surface area contributed by atoms with Gasteiger partial charge in [-0.1, -0.05) is 0 Å². The fraction of sp³-hybridized carbons (Fsp3) is 0.333. The molecule has 17 heavy (non-hydrogen) atoms. The lowest BCUT2D eigenvalue weighted by molar-refractivity contribution is 0.234. The van der Waals surface area contributed by atoms with Gasteiger partial charge in [0.1, 0.15) is 0 Å². The fourth-order valence-corrected chi connectivity index (χ4v) is 1.43. The first-order chi connectivity index (χ1) is 8.06. The van der Waals surface area contributed by atoms with Crippen LogP contribution in [0.25, 0.3) is 5.82 Å². The molecule has 0 atom stereocenters. The first-order valence-corrected chi connectivity index (χ1v) is 5.52. The van der Waals surface area contributed by atoms with E-state index < -0.39 is 0 Å². The molecule has 0 spiro atoms. The Morgan fingerprint density at radius 2 is 2.06 bits per heavy atom. The SMILES string of the molecule is Cc1ccn(-c2ccc(N)c(OC(C)C)n2)n1. The lowest BCUT2D eigenvalue weighted by Gasteiger charge is -2.12. The Labute approximate surface area is 100 Å². The van der Waals surface area contributed by atoms with Crippen LogP contribution in [0.15, 0.2) is 24.4 Å². The predicted octanol–water partition coefficient (Wildman–Crippen LogP) is 1.95. The van der Waals surface area contributed by atoms with Gasteiger partial charge >= 0.3 is 0 Å². The zero-order chi connectivity index (χ0) is 12.4. The highest BCUT2D eigenvalue weighted by Gasteiger charge is 2.08. The third-order valence-electron chi connectivity index (χ3n) is 2.18. The Hall–Kier alpha value is -2.04. The molecule has 5 heteroatoms. The van der Waals surface area contributed by atoms with Crippen molar-refractivity contribution in [2.75, 3.05) is 5.73 Å². The number of pyridine rings is 1. The largest absolute Gasteiger partial charge is 0.473 e. The van der Waals surface area contributed by atoms with Crippen LogP contribution in [0.1, 0.15) is 19.5 Å². The number of nitrogen functional groups attached to an aromatic ring is 1. The first-order valence-electron chi connectivity index (χ1n) is 5.52. The molecule has 0 radical (unpaired) electrons. The van der Waals surface area contributed by atoms with Crippen LogP contribution >= 0.6 is 0 Å². The Morgan fingerprint density at radius 3 is 2.65 bits per heavy atom. The molecule has 5 nitrogen and oxygen atoms in total. The van der Waals surface area contributed by atoms with Gasteiger partial charge in [0.25, 0.3) is 0 Å². The molecule has 2 aromatic rings. The molecule has 90 valence electrons. The molecule has 0 aliphatic carbocycles. The van der Waals surface area contributed by atoms with E-state index in [2.05, 4.69) is 10.1 Å².